The number of carbonyl (C=O) groups is 2. The zero-order chi connectivity index (χ0) is 24.3. The summed E-state index contributed by atoms with van der Waals surface area (Å²) in [6.07, 6.45) is 0. The fourth-order valence-corrected chi connectivity index (χ4v) is 4.61. The smallest absolute Gasteiger partial charge is 0.292 e. The van der Waals surface area contributed by atoms with Gasteiger partial charge < -0.3 is 5.32 Å². The van der Waals surface area contributed by atoms with E-state index in [2.05, 4.69) is 15.7 Å². The van der Waals surface area contributed by atoms with E-state index in [1.165, 1.54) is 28.5 Å². The van der Waals surface area contributed by atoms with Crippen LogP contribution in [0.15, 0.2) is 94.8 Å². The molecular formula is C24H23N5O4S. The minimum Gasteiger partial charge on any atom is -0.319 e. The quantitative estimate of drug-likeness (QED) is 0.567. The van der Waals surface area contributed by atoms with Crippen molar-refractivity contribution < 1.29 is 18.0 Å². The van der Waals surface area contributed by atoms with Gasteiger partial charge in [0, 0.05) is 12.7 Å². The Bertz CT molecular complexity index is 1340. The molecular weight excluding hydrogens is 454 g/mol. The Morgan fingerprint density at radius 3 is 2.32 bits per heavy atom. The highest BCUT2D eigenvalue weighted by atomic mass is 32.2. The van der Waals surface area contributed by atoms with Crippen LogP contribution in [-0.2, 0) is 19.6 Å². The lowest BCUT2D eigenvalue weighted by atomic mass is 10.2. The molecule has 1 heterocycles. The topological polar surface area (TPSA) is 111 Å². The first-order chi connectivity index (χ1) is 16.3. The molecule has 1 aliphatic heterocycles. The van der Waals surface area contributed by atoms with Crippen LogP contribution >= 0.6 is 0 Å². The summed E-state index contributed by atoms with van der Waals surface area (Å²) in [5.74, 6) is -0.975. The van der Waals surface area contributed by atoms with Crippen LogP contribution in [0, 0.1) is 0 Å². The van der Waals surface area contributed by atoms with Crippen molar-refractivity contribution in [1.29, 1.82) is 0 Å². The van der Waals surface area contributed by atoms with Gasteiger partial charge in [-0.2, -0.15) is 0 Å². The summed E-state index contributed by atoms with van der Waals surface area (Å²) in [6.45, 7) is 1.60. The molecule has 174 valence electrons. The minimum atomic E-state index is -3.85. The maximum atomic E-state index is 13.1. The van der Waals surface area contributed by atoms with Crippen molar-refractivity contribution in [2.45, 2.75) is 17.9 Å². The van der Waals surface area contributed by atoms with E-state index in [-0.39, 0.29) is 22.3 Å². The number of sulfonamides is 1. The fourth-order valence-electron chi connectivity index (χ4n) is 3.36. The zero-order valence-corrected chi connectivity index (χ0v) is 19.4. The van der Waals surface area contributed by atoms with E-state index in [0.717, 1.165) is 0 Å². The number of rotatable bonds is 6. The van der Waals surface area contributed by atoms with Gasteiger partial charge in [-0.05, 0) is 49.4 Å². The van der Waals surface area contributed by atoms with Crippen molar-refractivity contribution >= 4 is 44.7 Å². The predicted molar refractivity (Wildman–Crippen MR) is 131 cm³/mol. The van der Waals surface area contributed by atoms with Crippen LogP contribution < -0.4 is 20.1 Å². The second-order valence-electron chi connectivity index (χ2n) is 7.56. The van der Waals surface area contributed by atoms with Crippen molar-refractivity contribution in [2.75, 3.05) is 21.7 Å². The molecule has 4 rings (SSSR count). The lowest BCUT2D eigenvalue weighted by Crippen LogP contribution is -2.57. The Morgan fingerprint density at radius 2 is 1.65 bits per heavy atom. The SMILES string of the molecule is CC1N=C(C(=O)Nc2cccc(S(=O)(=O)N(C)c3ccccc3)c2)NN(c2ccccc2)C1=O. The molecule has 2 N–H and O–H groups in total. The van der Waals surface area contributed by atoms with Crippen molar-refractivity contribution in [2.24, 2.45) is 4.99 Å². The van der Waals surface area contributed by atoms with Crippen molar-refractivity contribution in [3.8, 4) is 0 Å². The first-order valence-electron chi connectivity index (χ1n) is 10.5. The molecule has 0 bridgehead atoms. The van der Waals surface area contributed by atoms with E-state index in [0.29, 0.717) is 11.4 Å². The van der Waals surface area contributed by atoms with Crippen LogP contribution in [0.1, 0.15) is 6.92 Å². The van der Waals surface area contributed by atoms with E-state index in [1.807, 2.05) is 6.07 Å². The summed E-state index contributed by atoms with van der Waals surface area (Å²) in [7, 11) is -2.39. The van der Waals surface area contributed by atoms with Gasteiger partial charge in [0.2, 0.25) is 5.84 Å². The third kappa shape index (κ3) is 4.62. The first-order valence-corrected chi connectivity index (χ1v) is 11.9. The van der Waals surface area contributed by atoms with Gasteiger partial charge in [-0.1, -0.05) is 42.5 Å². The van der Waals surface area contributed by atoms with Crippen LogP contribution in [0.4, 0.5) is 17.1 Å². The van der Waals surface area contributed by atoms with E-state index < -0.39 is 22.0 Å². The number of amides is 2. The largest absolute Gasteiger partial charge is 0.319 e. The molecule has 0 aliphatic carbocycles. The van der Waals surface area contributed by atoms with Crippen LogP contribution in [-0.4, -0.2) is 39.2 Å². The number of amidine groups is 1. The Hall–Kier alpha value is -4.18. The highest BCUT2D eigenvalue weighted by Gasteiger charge is 2.31. The van der Waals surface area contributed by atoms with E-state index >= 15 is 0 Å². The Morgan fingerprint density at radius 1 is 1.00 bits per heavy atom. The number of hydrazine groups is 1. The molecule has 0 radical (unpaired) electrons. The van der Waals surface area contributed by atoms with Crippen LogP contribution in [0.25, 0.3) is 0 Å². The summed E-state index contributed by atoms with van der Waals surface area (Å²) in [6, 6.07) is 22.7. The summed E-state index contributed by atoms with van der Waals surface area (Å²) in [5.41, 5.74) is 4.10. The van der Waals surface area contributed by atoms with Crippen LogP contribution in [0.3, 0.4) is 0 Å². The number of nitrogens with zero attached hydrogens (tertiary/aromatic N) is 3. The number of aliphatic imine (C=N–C) groups is 1. The average molecular weight is 478 g/mol. The molecule has 0 spiro atoms. The van der Waals surface area contributed by atoms with Gasteiger partial charge in [-0.3, -0.25) is 19.3 Å². The van der Waals surface area contributed by atoms with Gasteiger partial charge >= 0.3 is 0 Å². The summed E-state index contributed by atoms with van der Waals surface area (Å²) in [5, 5.41) is 3.92. The summed E-state index contributed by atoms with van der Waals surface area (Å²) < 4.78 is 27.3. The molecule has 0 fully saturated rings. The van der Waals surface area contributed by atoms with E-state index in [1.54, 1.807) is 73.7 Å². The normalized spacial score (nSPS) is 15.8. The maximum Gasteiger partial charge on any atom is 0.292 e. The van der Waals surface area contributed by atoms with Gasteiger partial charge in [0.15, 0.2) is 0 Å². The van der Waals surface area contributed by atoms with Gasteiger partial charge in [0.25, 0.3) is 21.8 Å². The van der Waals surface area contributed by atoms with Crippen molar-refractivity contribution in [1.82, 2.24) is 5.43 Å². The predicted octanol–water partition coefficient (Wildman–Crippen LogP) is 2.79. The number of para-hydroxylation sites is 2. The molecule has 3 aromatic carbocycles. The third-order valence-electron chi connectivity index (χ3n) is 5.22. The molecule has 3 aromatic rings. The molecule has 0 saturated carbocycles. The first kappa shape index (κ1) is 23.0. The summed E-state index contributed by atoms with van der Waals surface area (Å²) in [4.78, 5) is 29.6. The standard InChI is InChI=1S/C24H23N5O4S/c1-17-24(31)29(20-13-7-4-8-14-20)27-22(25-17)23(30)26-18-10-9-15-21(16-18)34(32,33)28(2)19-11-5-3-6-12-19/h3-17H,1-2H3,(H,25,27)(H,26,30). The number of benzene rings is 3. The highest BCUT2D eigenvalue weighted by Crippen LogP contribution is 2.24. The number of carbonyl (C=O) groups excluding carboxylic acids is 2. The molecule has 0 saturated heterocycles. The second kappa shape index (κ2) is 9.36. The number of hydrogen-bond donors (Lipinski definition) is 2. The van der Waals surface area contributed by atoms with E-state index in [4.69, 9.17) is 0 Å². The molecule has 0 aromatic heterocycles. The number of nitrogens with one attached hydrogen (secondary N) is 2. The molecule has 34 heavy (non-hydrogen) atoms. The van der Waals surface area contributed by atoms with Gasteiger partial charge in [-0.15, -0.1) is 0 Å². The number of anilines is 3. The molecule has 10 heteroatoms. The lowest BCUT2D eigenvalue weighted by molar-refractivity contribution is -0.120. The molecule has 9 nitrogen and oxygen atoms in total. The van der Waals surface area contributed by atoms with Crippen molar-refractivity contribution in [3.05, 3.63) is 84.9 Å². The second-order valence-corrected chi connectivity index (χ2v) is 9.53. The molecule has 1 aliphatic rings. The lowest BCUT2D eigenvalue weighted by Gasteiger charge is -2.30. The molecule has 1 atom stereocenters. The van der Waals surface area contributed by atoms with E-state index in [9.17, 15) is 18.0 Å². The Labute approximate surface area is 197 Å². The zero-order valence-electron chi connectivity index (χ0n) is 18.5. The molecule has 2 amide bonds. The highest BCUT2D eigenvalue weighted by molar-refractivity contribution is 7.92. The third-order valence-corrected chi connectivity index (χ3v) is 7.00. The van der Waals surface area contributed by atoms with Crippen LogP contribution in [0.5, 0.6) is 0 Å². The van der Waals surface area contributed by atoms with Crippen molar-refractivity contribution in [3.63, 3.8) is 0 Å². The summed E-state index contributed by atoms with van der Waals surface area (Å²) >= 11 is 0. The Balaban J connectivity index is 1.54. The average Bonchev–Trinajstić information content (AvgIpc) is 2.86. The van der Waals surface area contributed by atoms with Gasteiger partial charge in [0.1, 0.15) is 6.04 Å². The van der Waals surface area contributed by atoms with Gasteiger partial charge in [0.05, 0.1) is 16.3 Å². The number of hydrogen-bond acceptors (Lipinski definition) is 6. The minimum absolute atomic E-state index is 0.0182. The maximum absolute atomic E-state index is 13.1. The molecule has 1 unspecified atom stereocenters. The monoisotopic (exact) mass is 477 g/mol. The fraction of sp³-hybridized carbons (Fsp3) is 0.125. The Kier molecular flexibility index (Phi) is 6.33. The van der Waals surface area contributed by atoms with Crippen LogP contribution in [0.2, 0.25) is 0 Å². The van der Waals surface area contributed by atoms with Gasteiger partial charge in [-0.25, -0.2) is 18.4 Å².